The van der Waals surface area contributed by atoms with Crippen molar-refractivity contribution >= 4 is 18.1 Å². The van der Waals surface area contributed by atoms with Gasteiger partial charge in [0.1, 0.15) is 0 Å². The molecule has 1 aromatic rings. The zero-order valence-electron chi connectivity index (χ0n) is 8.98. The minimum absolute atomic E-state index is 0. The number of alkyl halides is 3. The van der Waals surface area contributed by atoms with E-state index in [1.807, 2.05) is 0 Å². The van der Waals surface area contributed by atoms with Crippen molar-refractivity contribution in [2.75, 3.05) is 0 Å². The zero-order valence-corrected chi connectivity index (χ0v) is 9.79. The van der Waals surface area contributed by atoms with Gasteiger partial charge in [0.25, 0.3) is 5.69 Å². The molecule has 100 valence electrons. The fourth-order valence-electron chi connectivity index (χ4n) is 1.23. The highest BCUT2D eigenvalue weighted by molar-refractivity contribution is 5.85. The standard InChI is InChI=1S/C10H9F3N2O2.ClH/c1-2-9(14)6-3-7(10(11,12)13)5-8(4-6)15(16)17;/h2-5,9H,1,14H2;1H. The number of nitrogens with zero attached hydrogens (tertiary/aromatic N) is 1. The van der Waals surface area contributed by atoms with Gasteiger partial charge >= 0.3 is 6.18 Å². The molecular formula is C10H10ClF3N2O2. The van der Waals surface area contributed by atoms with Gasteiger partial charge in [-0.25, -0.2) is 0 Å². The first kappa shape index (κ1) is 16.4. The molecule has 0 saturated heterocycles. The molecule has 0 saturated carbocycles. The third kappa shape index (κ3) is 3.71. The zero-order chi connectivity index (χ0) is 13.2. The number of nitrogens with two attached hydrogens (primary N) is 1. The molecule has 1 atom stereocenters. The SMILES string of the molecule is C=CC(N)c1cc([N+](=O)[O-])cc(C(F)(F)F)c1.Cl. The lowest BCUT2D eigenvalue weighted by atomic mass is 10.0. The first-order chi connectivity index (χ1) is 7.75. The molecule has 18 heavy (non-hydrogen) atoms. The van der Waals surface area contributed by atoms with E-state index in [0.717, 1.165) is 12.1 Å². The molecule has 0 aliphatic rings. The molecule has 0 bridgehead atoms. The van der Waals surface area contributed by atoms with E-state index in [4.69, 9.17) is 5.73 Å². The summed E-state index contributed by atoms with van der Waals surface area (Å²) in [5.41, 5.74) is 3.72. The third-order valence-corrected chi connectivity index (χ3v) is 2.12. The van der Waals surface area contributed by atoms with E-state index in [1.165, 1.54) is 6.08 Å². The summed E-state index contributed by atoms with van der Waals surface area (Å²) in [4.78, 5) is 9.62. The molecule has 0 amide bonds. The minimum Gasteiger partial charge on any atom is -0.321 e. The van der Waals surface area contributed by atoms with Crippen LogP contribution in [0.15, 0.2) is 30.9 Å². The lowest BCUT2D eigenvalue weighted by Gasteiger charge is -2.11. The van der Waals surface area contributed by atoms with Crippen LogP contribution in [0.4, 0.5) is 18.9 Å². The number of nitro benzene ring substituents is 1. The molecule has 0 heterocycles. The molecule has 1 rings (SSSR count). The number of rotatable bonds is 3. The quantitative estimate of drug-likeness (QED) is 0.526. The minimum atomic E-state index is -4.65. The normalized spacial score (nSPS) is 12.4. The Labute approximate surface area is 107 Å². The second-order valence-corrected chi connectivity index (χ2v) is 3.33. The predicted octanol–water partition coefficient (Wildman–Crippen LogP) is 3.22. The lowest BCUT2D eigenvalue weighted by Crippen LogP contribution is -2.11. The van der Waals surface area contributed by atoms with Crippen LogP contribution in [0.3, 0.4) is 0 Å². The fraction of sp³-hybridized carbons (Fsp3) is 0.200. The summed E-state index contributed by atoms with van der Waals surface area (Å²) in [5.74, 6) is 0. The Morgan fingerprint density at radius 3 is 2.33 bits per heavy atom. The number of benzene rings is 1. The van der Waals surface area contributed by atoms with Gasteiger partial charge in [0.05, 0.1) is 10.5 Å². The smallest absolute Gasteiger partial charge is 0.321 e. The predicted molar refractivity (Wildman–Crippen MR) is 62.5 cm³/mol. The van der Waals surface area contributed by atoms with Gasteiger partial charge in [-0.15, -0.1) is 19.0 Å². The van der Waals surface area contributed by atoms with Gasteiger partial charge in [-0.3, -0.25) is 10.1 Å². The van der Waals surface area contributed by atoms with Gasteiger partial charge in [0.2, 0.25) is 0 Å². The van der Waals surface area contributed by atoms with Crippen molar-refractivity contribution in [1.82, 2.24) is 0 Å². The Kier molecular flexibility index (Phi) is 5.31. The summed E-state index contributed by atoms with van der Waals surface area (Å²) in [6.45, 7) is 3.33. The molecule has 0 fully saturated rings. The monoisotopic (exact) mass is 282 g/mol. The number of hydrogen-bond acceptors (Lipinski definition) is 3. The maximum Gasteiger partial charge on any atom is 0.416 e. The maximum absolute atomic E-state index is 12.5. The third-order valence-electron chi connectivity index (χ3n) is 2.12. The summed E-state index contributed by atoms with van der Waals surface area (Å²) >= 11 is 0. The van der Waals surface area contributed by atoms with E-state index < -0.39 is 28.4 Å². The Balaban J connectivity index is 0.00000289. The Bertz CT molecular complexity index is 463. The molecule has 0 radical (unpaired) electrons. The number of nitro groups is 1. The first-order valence-corrected chi connectivity index (χ1v) is 4.50. The Morgan fingerprint density at radius 2 is 1.94 bits per heavy atom. The highest BCUT2D eigenvalue weighted by atomic mass is 35.5. The first-order valence-electron chi connectivity index (χ1n) is 4.50. The van der Waals surface area contributed by atoms with Gasteiger partial charge < -0.3 is 5.73 Å². The van der Waals surface area contributed by atoms with Gasteiger partial charge in [0.15, 0.2) is 0 Å². The summed E-state index contributed by atoms with van der Waals surface area (Å²) < 4.78 is 37.5. The van der Waals surface area contributed by atoms with Crippen molar-refractivity contribution in [3.8, 4) is 0 Å². The van der Waals surface area contributed by atoms with Crippen molar-refractivity contribution in [2.24, 2.45) is 5.73 Å². The number of halogens is 4. The van der Waals surface area contributed by atoms with Gasteiger partial charge in [-0.1, -0.05) is 6.08 Å². The molecule has 8 heteroatoms. The molecule has 0 spiro atoms. The van der Waals surface area contributed by atoms with E-state index >= 15 is 0 Å². The fourth-order valence-corrected chi connectivity index (χ4v) is 1.23. The van der Waals surface area contributed by atoms with Crippen LogP contribution < -0.4 is 5.73 Å². The number of hydrogen-bond donors (Lipinski definition) is 1. The van der Waals surface area contributed by atoms with Gasteiger partial charge in [-0.05, 0) is 11.6 Å². The summed E-state index contributed by atoms with van der Waals surface area (Å²) in [6.07, 6.45) is -3.44. The molecule has 0 aliphatic heterocycles. The average molecular weight is 283 g/mol. The molecular weight excluding hydrogens is 273 g/mol. The van der Waals surface area contributed by atoms with Crippen LogP contribution in [0.25, 0.3) is 0 Å². The van der Waals surface area contributed by atoms with Crippen LogP contribution >= 0.6 is 12.4 Å². The summed E-state index contributed by atoms with van der Waals surface area (Å²) in [5, 5.41) is 10.5. The highest BCUT2D eigenvalue weighted by Gasteiger charge is 2.33. The second kappa shape index (κ2) is 5.83. The van der Waals surface area contributed by atoms with E-state index in [2.05, 4.69) is 6.58 Å². The Hall–Kier alpha value is -1.60. The van der Waals surface area contributed by atoms with Crippen molar-refractivity contribution in [2.45, 2.75) is 12.2 Å². The van der Waals surface area contributed by atoms with E-state index in [9.17, 15) is 23.3 Å². The van der Waals surface area contributed by atoms with Crippen molar-refractivity contribution in [3.05, 3.63) is 52.1 Å². The number of non-ortho nitro benzene ring substituents is 1. The van der Waals surface area contributed by atoms with E-state index in [0.29, 0.717) is 6.07 Å². The van der Waals surface area contributed by atoms with Crippen LogP contribution in [-0.2, 0) is 6.18 Å². The average Bonchev–Trinajstić information content (AvgIpc) is 2.26. The van der Waals surface area contributed by atoms with Crippen LogP contribution in [0.5, 0.6) is 0 Å². The van der Waals surface area contributed by atoms with Crippen LogP contribution in [0.2, 0.25) is 0 Å². The van der Waals surface area contributed by atoms with Gasteiger partial charge in [-0.2, -0.15) is 13.2 Å². The molecule has 1 unspecified atom stereocenters. The van der Waals surface area contributed by atoms with Gasteiger partial charge in [0, 0.05) is 18.2 Å². The molecule has 4 nitrogen and oxygen atoms in total. The lowest BCUT2D eigenvalue weighted by molar-refractivity contribution is -0.385. The maximum atomic E-state index is 12.5. The summed E-state index contributed by atoms with van der Waals surface area (Å²) in [7, 11) is 0. The summed E-state index contributed by atoms with van der Waals surface area (Å²) in [6, 6.07) is 1.37. The topological polar surface area (TPSA) is 69.2 Å². The largest absolute Gasteiger partial charge is 0.416 e. The molecule has 0 aromatic heterocycles. The molecule has 1 aromatic carbocycles. The van der Waals surface area contributed by atoms with Crippen molar-refractivity contribution < 1.29 is 18.1 Å². The van der Waals surface area contributed by atoms with Crippen LogP contribution in [0.1, 0.15) is 17.2 Å². The van der Waals surface area contributed by atoms with E-state index in [-0.39, 0.29) is 18.0 Å². The van der Waals surface area contributed by atoms with Crippen molar-refractivity contribution in [3.63, 3.8) is 0 Å². The van der Waals surface area contributed by atoms with Crippen LogP contribution in [0, 0.1) is 10.1 Å². The highest BCUT2D eigenvalue weighted by Crippen LogP contribution is 2.33. The van der Waals surface area contributed by atoms with Crippen molar-refractivity contribution in [1.29, 1.82) is 0 Å². The Morgan fingerprint density at radius 1 is 1.39 bits per heavy atom. The van der Waals surface area contributed by atoms with Crippen LogP contribution in [-0.4, -0.2) is 4.92 Å². The molecule has 2 N–H and O–H groups in total. The second-order valence-electron chi connectivity index (χ2n) is 3.33. The van der Waals surface area contributed by atoms with E-state index in [1.54, 1.807) is 0 Å². The molecule has 0 aliphatic carbocycles.